The monoisotopic (exact) mass is 418 g/mol. The summed E-state index contributed by atoms with van der Waals surface area (Å²) < 4.78 is 19.7. The molecule has 0 bridgehead atoms. The Labute approximate surface area is 182 Å². The normalized spacial score (nSPS) is 14.5. The molecule has 0 atom stereocenters. The van der Waals surface area contributed by atoms with Gasteiger partial charge in [0.25, 0.3) is 0 Å². The average Bonchev–Trinajstić information content (AvgIpc) is 2.74. The number of carbonyl (C=O) groups excluding carboxylic acids is 1. The molecular formula is C26H27FN2O2. The van der Waals surface area contributed by atoms with Crippen LogP contribution in [0, 0.1) is 12.7 Å². The molecule has 0 fully saturated rings. The maximum Gasteiger partial charge on any atom is 0.162 e. The number of methoxy groups -OCH3 is 1. The highest BCUT2D eigenvalue weighted by molar-refractivity contribution is 5.97. The van der Waals surface area contributed by atoms with Crippen LogP contribution in [0.15, 0.2) is 54.6 Å². The molecule has 0 unspecified atom stereocenters. The number of hydrogen-bond donors (Lipinski definition) is 2. The first kappa shape index (κ1) is 20.9. The number of para-hydroxylation sites is 1. The molecule has 0 saturated heterocycles. The van der Waals surface area contributed by atoms with Gasteiger partial charge in [-0.15, -0.1) is 0 Å². The predicted molar refractivity (Wildman–Crippen MR) is 123 cm³/mol. The lowest BCUT2D eigenvalue weighted by atomic mass is 9.83. The third kappa shape index (κ3) is 4.00. The van der Waals surface area contributed by atoms with Gasteiger partial charge in [0.15, 0.2) is 5.78 Å². The van der Waals surface area contributed by atoms with E-state index in [4.69, 9.17) is 4.74 Å². The first-order valence-corrected chi connectivity index (χ1v) is 10.4. The molecule has 5 heteroatoms. The van der Waals surface area contributed by atoms with Crippen molar-refractivity contribution in [2.24, 2.45) is 0 Å². The number of ketones is 1. The number of halogens is 1. The summed E-state index contributed by atoms with van der Waals surface area (Å²) in [7, 11) is 1.58. The molecule has 1 heterocycles. The lowest BCUT2D eigenvalue weighted by Crippen LogP contribution is -2.45. The second kappa shape index (κ2) is 8.06. The first-order valence-electron chi connectivity index (χ1n) is 10.4. The van der Waals surface area contributed by atoms with Gasteiger partial charge in [0.05, 0.1) is 12.6 Å². The zero-order chi connectivity index (χ0) is 22.2. The summed E-state index contributed by atoms with van der Waals surface area (Å²) in [6.45, 7) is 6.34. The second-order valence-electron chi connectivity index (χ2n) is 8.48. The van der Waals surface area contributed by atoms with Crippen LogP contribution < -0.4 is 15.4 Å². The molecule has 4 nitrogen and oxygen atoms in total. The summed E-state index contributed by atoms with van der Waals surface area (Å²) in [6, 6.07) is 16.5. The SMILES string of the molecule is COc1ccc(F)cc1-c1ccc2c(c1CNc1ccccc1C)CC(=O)C(C)(C)N2. The molecule has 160 valence electrons. The Bertz CT molecular complexity index is 1150. The molecule has 4 rings (SSSR count). The van der Waals surface area contributed by atoms with E-state index in [0.717, 1.165) is 33.6 Å². The fourth-order valence-corrected chi connectivity index (χ4v) is 4.10. The maximum atomic E-state index is 14.2. The lowest BCUT2D eigenvalue weighted by molar-refractivity contribution is -0.122. The third-order valence-corrected chi connectivity index (χ3v) is 5.97. The summed E-state index contributed by atoms with van der Waals surface area (Å²) >= 11 is 0. The number of rotatable bonds is 5. The molecule has 0 radical (unpaired) electrons. The third-order valence-electron chi connectivity index (χ3n) is 5.97. The van der Waals surface area contributed by atoms with Crippen molar-refractivity contribution in [2.75, 3.05) is 17.7 Å². The van der Waals surface area contributed by atoms with Gasteiger partial charge in [0, 0.05) is 29.9 Å². The summed E-state index contributed by atoms with van der Waals surface area (Å²) in [5.41, 5.74) is 5.89. The van der Waals surface area contributed by atoms with Gasteiger partial charge in [0.1, 0.15) is 11.6 Å². The number of anilines is 2. The number of carbonyl (C=O) groups is 1. The highest BCUT2D eigenvalue weighted by Crippen LogP contribution is 2.40. The number of ether oxygens (including phenoxy) is 1. The van der Waals surface area contributed by atoms with E-state index in [1.165, 1.54) is 12.1 Å². The molecule has 3 aromatic rings. The van der Waals surface area contributed by atoms with E-state index in [-0.39, 0.29) is 11.6 Å². The summed E-state index contributed by atoms with van der Waals surface area (Å²) in [5, 5.41) is 6.88. The van der Waals surface area contributed by atoms with E-state index < -0.39 is 5.54 Å². The number of Topliss-reactive ketones (excluding diaryl/α,β-unsaturated/α-hetero) is 1. The van der Waals surface area contributed by atoms with Gasteiger partial charge in [-0.1, -0.05) is 24.3 Å². The van der Waals surface area contributed by atoms with Gasteiger partial charge in [0.2, 0.25) is 0 Å². The van der Waals surface area contributed by atoms with Crippen molar-refractivity contribution in [1.82, 2.24) is 0 Å². The second-order valence-corrected chi connectivity index (χ2v) is 8.48. The Morgan fingerprint density at radius 2 is 1.87 bits per heavy atom. The molecule has 0 saturated carbocycles. The fourth-order valence-electron chi connectivity index (χ4n) is 4.10. The Kier molecular flexibility index (Phi) is 5.44. The summed E-state index contributed by atoms with van der Waals surface area (Å²) in [6.07, 6.45) is 0.325. The number of hydrogen-bond acceptors (Lipinski definition) is 4. The van der Waals surface area contributed by atoms with Crippen molar-refractivity contribution in [1.29, 1.82) is 0 Å². The van der Waals surface area contributed by atoms with Crippen molar-refractivity contribution in [3.8, 4) is 16.9 Å². The Hall–Kier alpha value is -3.34. The minimum Gasteiger partial charge on any atom is -0.496 e. The Morgan fingerprint density at radius 3 is 2.61 bits per heavy atom. The van der Waals surface area contributed by atoms with Gasteiger partial charge in [-0.2, -0.15) is 0 Å². The summed E-state index contributed by atoms with van der Waals surface area (Å²) in [5.74, 6) is 0.385. The largest absolute Gasteiger partial charge is 0.496 e. The summed E-state index contributed by atoms with van der Waals surface area (Å²) in [4.78, 5) is 12.8. The van der Waals surface area contributed by atoms with E-state index in [9.17, 15) is 9.18 Å². The van der Waals surface area contributed by atoms with Crippen LogP contribution in [0.1, 0.15) is 30.5 Å². The number of aryl methyl sites for hydroxylation is 1. The number of fused-ring (bicyclic) bond motifs is 1. The molecule has 1 aliphatic heterocycles. The smallest absolute Gasteiger partial charge is 0.162 e. The van der Waals surface area contributed by atoms with Crippen LogP contribution in [0.25, 0.3) is 11.1 Å². The molecule has 0 amide bonds. The quantitative estimate of drug-likeness (QED) is 0.555. The molecular weight excluding hydrogens is 391 g/mol. The highest BCUT2D eigenvalue weighted by Gasteiger charge is 2.34. The number of nitrogens with one attached hydrogen (secondary N) is 2. The van der Waals surface area contributed by atoms with Crippen LogP contribution in [-0.2, 0) is 17.8 Å². The molecule has 31 heavy (non-hydrogen) atoms. The standard InChI is InChI=1S/C26H27FN2O2/c1-16-7-5-6-8-22(16)28-15-21-18(20-13-17(27)9-12-24(20)31-4)10-11-23-19(21)14-25(30)26(2,3)29-23/h5-13,28-29H,14-15H2,1-4H3. The van der Waals surface area contributed by atoms with Crippen molar-refractivity contribution >= 4 is 17.2 Å². The van der Waals surface area contributed by atoms with Crippen molar-refractivity contribution in [3.05, 3.63) is 77.1 Å². The van der Waals surface area contributed by atoms with Crippen LogP contribution >= 0.6 is 0 Å². The van der Waals surface area contributed by atoms with Crippen LogP contribution in [-0.4, -0.2) is 18.4 Å². The first-order chi connectivity index (χ1) is 14.8. The van der Waals surface area contributed by atoms with Crippen LogP contribution in [0.5, 0.6) is 5.75 Å². The Balaban J connectivity index is 1.86. The zero-order valence-electron chi connectivity index (χ0n) is 18.3. The Morgan fingerprint density at radius 1 is 1.10 bits per heavy atom. The minimum absolute atomic E-state index is 0.125. The van der Waals surface area contributed by atoms with Gasteiger partial charge in [-0.3, -0.25) is 4.79 Å². The minimum atomic E-state index is -0.619. The lowest BCUT2D eigenvalue weighted by Gasteiger charge is -2.34. The van der Waals surface area contributed by atoms with Crippen molar-refractivity contribution in [3.63, 3.8) is 0 Å². The number of benzene rings is 3. The van der Waals surface area contributed by atoms with Gasteiger partial charge in [-0.05, 0) is 73.4 Å². The maximum absolute atomic E-state index is 14.2. The van der Waals surface area contributed by atoms with Gasteiger partial charge in [-0.25, -0.2) is 4.39 Å². The van der Waals surface area contributed by atoms with Gasteiger partial charge >= 0.3 is 0 Å². The van der Waals surface area contributed by atoms with Crippen molar-refractivity contribution < 1.29 is 13.9 Å². The molecule has 0 aliphatic carbocycles. The van der Waals surface area contributed by atoms with Crippen molar-refractivity contribution in [2.45, 2.75) is 39.3 Å². The highest BCUT2D eigenvalue weighted by atomic mass is 19.1. The van der Waals surface area contributed by atoms with E-state index >= 15 is 0 Å². The molecule has 3 aromatic carbocycles. The molecule has 0 spiro atoms. The van der Waals surface area contributed by atoms with E-state index in [1.807, 2.05) is 57.2 Å². The van der Waals surface area contributed by atoms with E-state index in [0.29, 0.717) is 24.3 Å². The van der Waals surface area contributed by atoms with Crippen LogP contribution in [0.4, 0.5) is 15.8 Å². The van der Waals surface area contributed by atoms with Crippen LogP contribution in [0.2, 0.25) is 0 Å². The van der Waals surface area contributed by atoms with E-state index in [2.05, 4.69) is 10.6 Å². The fraction of sp³-hybridized carbons (Fsp3) is 0.269. The topological polar surface area (TPSA) is 50.4 Å². The van der Waals surface area contributed by atoms with Crippen LogP contribution in [0.3, 0.4) is 0 Å². The molecule has 2 N–H and O–H groups in total. The predicted octanol–water partition coefficient (Wildman–Crippen LogP) is 5.74. The zero-order valence-corrected chi connectivity index (χ0v) is 18.3. The average molecular weight is 419 g/mol. The van der Waals surface area contributed by atoms with E-state index in [1.54, 1.807) is 13.2 Å². The van der Waals surface area contributed by atoms with Gasteiger partial charge < -0.3 is 15.4 Å². The molecule has 1 aliphatic rings. The molecule has 0 aromatic heterocycles.